The molecule has 4 rings (SSSR count). The van der Waals surface area contributed by atoms with E-state index in [0.29, 0.717) is 33.3 Å². The van der Waals surface area contributed by atoms with Crippen molar-refractivity contribution in [2.75, 3.05) is 6.54 Å². The lowest BCUT2D eigenvalue weighted by Crippen LogP contribution is -2.36. The highest BCUT2D eigenvalue weighted by Crippen LogP contribution is 2.38. The van der Waals surface area contributed by atoms with Crippen molar-refractivity contribution in [2.24, 2.45) is 0 Å². The summed E-state index contributed by atoms with van der Waals surface area (Å²) in [6, 6.07) is 10.3. The second-order valence-electron chi connectivity index (χ2n) is 8.29. The Labute approximate surface area is 223 Å². The van der Waals surface area contributed by atoms with Gasteiger partial charge in [-0.15, -0.1) is 0 Å². The molecule has 13 heteroatoms. The second-order valence-corrected chi connectivity index (χ2v) is 9.57. The summed E-state index contributed by atoms with van der Waals surface area (Å²) in [6.45, 7) is 3.38. The van der Waals surface area contributed by atoms with Crippen molar-refractivity contribution in [1.29, 1.82) is 0 Å². The number of aryl methyl sites for hydroxylation is 2. The van der Waals surface area contributed by atoms with E-state index in [1.165, 1.54) is 18.5 Å². The summed E-state index contributed by atoms with van der Waals surface area (Å²) in [6.07, 6.45) is -2.32. The Hall–Kier alpha value is -3.48. The number of imidazole rings is 1. The van der Waals surface area contributed by atoms with Gasteiger partial charge in [-0.25, -0.2) is 14.1 Å². The van der Waals surface area contributed by atoms with Crippen LogP contribution in [0.15, 0.2) is 54.9 Å². The van der Waals surface area contributed by atoms with Gasteiger partial charge in [-0.05, 0) is 49.2 Å². The number of carbonyl (C=O) groups is 1. The molecule has 1 amide bonds. The van der Waals surface area contributed by atoms with Gasteiger partial charge in [0.1, 0.15) is 11.6 Å². The first-order chi connectivity index (χ1) is 18.0. The quantitative estimate of drug-likeness (QED) is 0.263. The number of ether oxygens (including phenoxy) is 1. The van der Waals surface area contributed by atoms with E-state index in [0.717, 1.165) is 11.6 Å². The van der Waals surface area contributed by atoms with Gasteiger partial charge in [-0.1, -0.05) is 36.2 Å². The number of pyridine rings is 1. The minimum absolute atomic E-state index is 0.0390. The summed E-state index contributed by atoms with van der Waals surface area (Å²) in [5.74, 6) is 0.650. The summed E-state index contributed by atoms with van der Waals surface area (Å²) < 4.78 is 71.2. The average Bonchev–Trinajstić information content (AvgIpc) is 3.21. The summed E-state index contributed by atoms with van der Waals surface area (Å²) in [4.78, 5) is 21.0. The molecule has 0 saturated heterocycles. The number of alkyl halides is 3. The van der Waals surface area contributed by atoms with Crippen LogP contribution in [0.1, 0.15) is 29.4 Å². The molecule has 0 aliphatic carbocycles. The number of nitrogens with zero attached hydrogens (tertiary/aromatic N) is 4. The summed E-state index contributed by atoms with van der Waals surface area (Å²) >= 11 is 3.06. The van der Waals surface area contributed by atoms with E-state index >= 15 is 0 Å². The fourth-order valence-electron chi connectivity index (χ4n) is 3.91. The van der Waals surface area contributed by atoms with Gasteiger partial charge >= 0.3 is 12.3 Å². The van der Waals surface area contributed by atoms with Gasteiger partial charge in [0.2, 0.25) is 0 Å². The molecule has 0 aliphatic rings. The molecule has 200 valence electrons. The number of carbonyl (C=O) groups excluding carboxylic acids is 1. The molecule has 38 heavy (non-hydrogen) atoms. The molecule has 2 aromatic heterocycles. The minimum atomic E-state index is -4.64. The zero-order chi connectivity index (χ0) is 27.6. The predicted molar refractivity (Wildman–Crippen MR) is 135 cm³/mol. The van der Waals surface area contributed by atoms with Crippen molar-refractivity contribution in [2.45, 2.75) is 32.9 Å². The molecule has 2 aromatic carbocycles. The average molecular weight is 566 g/mol. The summed E-state index contributed by atoms with van der Waals surface area (Å²) in [7, 11) is 0. The number of halogens is 4. The highest BCUT2D eigenvalue weighted by molar-refractivity contribution is 7.77. The van der Waals surface area contributed by atoms with E-state index in [-0.39, 0.29) is 24.2 Å². The second kappa shape index (κ2) is 11.1. The number of fused-ring (bicyclic) bond motifs is 1. The Morgan fingerprint density at radius 2 is 1.92 bits per heavy atom. The van der Waals surface area contributed by atoms with Gasteiger partial charge in [0.25, 0.3) is 0 Å². The van der Waals surface area contributed by atoms with Crippen molar-refractivity contribution in [1.82, 2.24) is 18.8 Å². The monoisotopic (exact) mass is 565 g/mol. The Kier molecular flexibility index (Phi) is 8.05. The van der Waals surface area contributed by atoms with Crippen LogP contribution in [0.25, 0.3) is 16.7 Å². The van der Waals surface area contributed by atoms with Crippen molar-refractivity contribution >= 4 is 40.0 Å². The van der Waals surface area contributed by atoms with E-state index in [9.17, 15) is 26.7 Å². The van der Waals surface area contributed by atoms with Gasteiger partial charge in [0.15, 0.2) is 0 Å². The smallest absolute Gasteiger partial charge is 0.426 e. The molecule has 0 aliphatic heterocycles. The first-order valence-corrected chi connectivity index (χ1v) is 12.8. The normalized spacial score (nSPS) is 12.5. The molecule has 0 radical (unpaired) electrons. The maximum atomic E-state index is 13.4. The standard InChI is InChI=1S/C25H22ClF3N4O4S/c1-3-23-31-20-12-18(25(27,28)29)19(26)13-22(20)33(23)21-8-10-30-14-16(21)9-11-32(38(35)36)24(34)37-17-6-4-15(2)5-7-17/h4-8,10,12-14H,3,9,11H2,1-2H3,(H,35,36)/p-1. The molecular weight excluding hydrogens is 545 g/mol. The Morgan fingerprint density at radius 1 is 1.21 bits per heavy atom. The van der Waals surface area contributed by atoms with Crippen molar-refractivity contribution in [3.8, 4) is 11.4 Å². The number of amides is 1. The third-order valence-electron chi connectivity index (χ3n) is 5.75. The van der Waals surface area contributed by atoms with E-state index in [1.807, 2.05) is 6.92 Å². The van der Waals surface area contributed by atoms with Crippen LogP contribution < -0.4 is 4.74 Å². The van der Waals surface area contributed by atoms with Crippen molar-refractivity contribution in [3.05, 3.63) is 82.4 Å². The molecule has 1 atom stereocenters. The lowest BCUT2D eigenvalue weighted by Gasteiger charge is -2.24. The van der Waals surface area contributed by atoms with Crippen LogP contribution in [0.4, 0.5) is 18.0 Å². The zero-order valence-corrected chi connectivity index (χ0v) is 21.7. The van der Waals surface area contributed by atoms with E-state index in [1.54, 1.807) is 41.8 Å². The highest BCUT2D eigenvalue weighted by Gasteiger charge is 2.34. The highest BCUT2D eigenvalue weighted by atomic mass is 35.5. The van der Waals surface area contributed by atoms with Gasteiger partial charge in [-0.3, -0.25) is 13.8 Å². The third-order valence-corrected chi connectivity index (χ3v) is 6.75. The maximum absolute atomic E-state index is 13.4. The van der Waals surface area contributed by atoms with Crippen LogP contribution in [0, 0.1) is 6.92 Å². The van der Waals surface area contributed by atoms with E-state index in [2.05, 4.69) is 9.97 Å². The Morgan fingerprint density at radius 3 is 2.55 bits per heavy atom. The number of hydrogen-bond acceptors (Lipinski definition) is 6. The SMILES string of the molecule is CCc1nc2cc(C(F)(F)F)c(Cl)cc2n1-c1ccncc1CCN(C(=O)Oc1ccc(C)cc1)S(=O)[O-]. The first-order valence-electron chi connectivity index (χ1n) is 11.4. The number of aromatic nitrogens is 3. The summed E-state index contributed by atoms with van der Waals surface area (Å²) in [5, 5.41) is -0.476. The molecule has 0 N–H and O–H groups in total. The zero-order valence-electron chi connectivity index (χ0n) is 20.2. The molecular formula is C25H21ClF3N4O4S-. The van der Waals surface area contributed by atoms with E-state index in [4.69, 9.17) is 16.3 Å². The van der Waals surface area contributed by atoms with Crippen LogP contribution in [0.3, 0.4) is 0 Å². The van der Waals surface area contributed by atoms with Crippen LogP contribution >= 0.6 is 11.6 Å². The maximum Gasteiger partial charge on any atom is 0.426 e. The van der Waals surface area contributed by atoms with Gasteiger partial charge in [0.05, 0.1) is 38.6 Å². The molecule has 0 saturated carbocycles. The molecule has 0 bridgehead atoms. The molecule has 8 nitrogen and oxygen atoms in total. The van der Waals surface area contributed by atoms with Gasteiger partial charge in [-0.2, -0.15) is 13.2 Å². The van der Waals surface area contributed by atoms with Crippen molar-refractivity contribution in [3.63, 3.8) is 0 Å². The molecule has 0 fully saturated rings. The lowest BCUT2D eigenvalue weighted by molar-refractivity contribution is -0.137. The largest absolute Gasteiger partial charge is 0.755 e. The number of rotatable bonds is 7. The van der Waals surface area contributed by atoms with Crippen molar-refractivity contribution < 1.29 is 31.5 Å². The Bertz CT molecular complexity index is 1510. The molecule has 4 aromatic rings. The number of hydrogen-bond donors (Lipinski definition) is 0. The molecule has 1 unspecified atom stereocenters. The fourth-order valence-corrected chi connectivity index (χ4v) is 4.57. The minimum Gasteiger partial charge on any atom is -0.755 e. The van der Waals surface area contributed by atoms with Gasteiger partial charge in [0, 0.05) is 25.4 Å². The first kappa shape index (κ1) is 27.6. The Balaban J connectivity index is 1.67. The van der Waals surface area contributed by atoms with E-state index < -0.39 is 34.1 Å². The molecule has 2 heterocycles. The molecule has 0 spiro atoms. The summed E-state index contributed by atoms with van der Waals surface area (Å²) in [5.41, 5.74) is 1.43. The number of benzene rings is 2. The predicted octanol–water partition coefficient (Wildman–Crippen LogP) is 5.80. The van der Waals surface area contributed by atoms with Crippen LogP contribution in [-0.2, 0) is 30.3 Å². The van der Waals surface area contributed by atoms with Gasteiger partial charge < -0.3 is 9.29 Å². The topological polar surface area (TPSA) is 100 Å². The van der Waals surface area contributed by atoms with Crippen LogP contribution in [0.5, 0.6) is 5.75 Å². The lowest BCUT2D eigenvalue weighted by atomic mass is 10.1. The van der Waals surface area contributed by atoms with Crippen LogP contribution in [0.2, 0.25) is 5.02 Å². The fraction of sp³-hybridized carbons (Fsp3) is 0.240. The third kappa shape index (κ3) is 5.82. The van der Waals surface area contributed by atoms with Crippen LogP contribution in [-0.4, -0.2) is 40.2 Å².